The lowest BCUT2D eigenvalue weighted by Gasteiger charge is -2.16. The maximum absolute atomic E-state index is 10.8. The van der Waals surface area contributed by atoms with Gasteiger partial charge in [0, 0.05) is 7.11 Å². The normalized spacial score (nSPS) is 27.9. The molecule has 0 aromatic carbocycles. The quantitative estimate of drug-likeness (QED) is 0.576. The average Bonchev–Trinajstić information content (AvgIpc) is 2.58. The lowest BCUT2D eigenvalue weighted by molar-refractivity contribution is -0.140. The molecule has 3 unspecified atom stereocenters. The van der Waals surface area contributed by atoms with E-state index in [0.29, 0.717) is 12.5 Å². The molecule has 88 valence electrons. The molecule has 1 saturated carbocycles. The Bertz CT molecular complexity index is 210. The molecule has 0 saturated heterocycles. The van der Waals surface area contributed by atoms with Crippen LogP contribution in [0.2, 0.25) is 0 Å². The lowest BCUT2D eigenvalue weighted by Crippen LogP contribution is -2.42. The highest BCUT2D eigenvalue weighted by molar-refractivity contribution is 5.73. The van der Waals surface area contributed by atoms with Crippen LogP contribution >= 0.6 is 0 Å². The summed E-state index contributed by atoms with van der Waals surface area (Å²) in [5.74, 6) is -0.505. The van der Waals surface area contributed by atoms with Crippen LogP contribution in [0.5, 0.6) is 0 Å². The third-order valence-corrected chi connectivity index (χ3v) is 2.80. The van der Waals surface area contributed by atoms with Crippen LogP contribution in [0.25, 0.3) is 0 Å². The van der Waals surface area contributed by atoms with Crippen molar-refractivity contribution in [1.82, 2.24) is 5.32 Å². The summed E-state index contributed by atoms with van der Waals surface area (Å²) in [7, 11) is 1.48. The van der Waals surface area contributed by atoms with Crippen LogP contribution in [0.4, 0.5) is 0 Å². The van der Waals surface area contributed by atoms with Gasteiger partial charge in [-0.1, -0.05) is 0 Å². The van der Waals surface area contributed by atoms with Gasteiger partial charge in [0.1, 0.15) is 6.04 Å². The third-order valence-electron chi connectivity index (χ3n) is 2.80. The van der Waals surface area contributed by atoms with Crippen molar-refractivity contribution in [3.05, 3.63) is 0 Å². The second kappa shape index (κ2) is 6.05. The van der Waals surface area contributed by atoms with E-state index < -0.39 is 12.0 Å². The van der Waals surface area contributed by atoms with Crippen molar-refractivity contribution in [3.63, 3.8) is 0 Å². The van der Waals surface area contributed by atoms with Crippen molar-refractivity contribution in [3.8, 4) is 0 Å². The number of carbonyl (C=O) groups is 1. The van der Waals surface area contributed by atoms with E-state index in [1.807, 2.05) is 0 Å². The van der Waals surface area contributed by atoms with Gasteiger partial charge in [0.25, 0.3) is 0 Å². The molecule has 0 radical (unpaired) electrons. The minimum absolute atomic E-state index is 0.171. The largest absolute Gasteiger partial charge is 0.480 e. The first kappa shape index (κ1) is 12.4. The first-order valence-corrected chi connectivity index (χ1v) is 5.26. The molecule has 15 heavy (non-hydrogen) atoms. The Kier molecular flexibility index (Phi) is 5.01. The summed E-state index contributed by atoms with van der Waals surface area (Å²) in [6.45, 7) is 0.808. The summed E-state index contributed by atoms with van der Waals surface area (Å²) in [5, 5.41) is 21.1. The number of aliphatic hydroxyl groups is 1. The minimum atomic E-state index is -0.893. The average molecular weight is 217 g/mol. The summed E-state index contributed by atoms with van der Waals surface area (Å²) in [5.41, 5.74) is 0. The molecular weight excluding hydrogens is 198 g/mol. The fraction of sp³-hybridized carbons (Fsp3) is 0.900. The number of rotatable bonds is 6. The molecule has 5 heteroatoms. The molecule has 5 nitrogen and oxygen atoms in total. The zero-order valence-corrected chi connectivity index (χ0v) is 8.98. The highest BCUT2D eigenvalue weighted by Gasteiger charge is 2.24. The predicted molar refractivity (Wildman–Crippen MR) is 54.7 cm³/mol. The van der Waals surface area contributed by atoms with E-state index in [1.54, 1.807) is 0 Å². The molecule has 1 aliphatic carbocycles. The Balaban J connectivity index is 2.24. The number of aliphatic hydroxyl groups excluding tert-OH is 1. The van der Waals surface area contributed by atoms with Crippen LogP contribution in [0.1, 0.15) is 19.3 Å². The third kappa shape index (κ3) is 4.15. The van der Waals surface area contributed by atoms with Crippen LogP contribution in [-0.4, -0.2) is 48.6 Å². The summed E-state index contributed by atoms with van der Waals surface area (Å²) in [6.07, 6.45) is 2.36. The first-order chi connectivity index (χ1) is 7.13. The molecule has 0 aliphatic heterocycles. The Morgan fingerprint density at radius 3 is 2.80 bits per heavy atom. The number of ether oxygens (including phenoxy) is 1. The SMILES string of the molecule is COCC(NCC1CCC(O)C1)C(=O)O. The summed E-state index contributed by atoms with van der Waals surface area (Å²) in [6, 6.07) is -0.646. The smallest absolute Gasteiger partial charge is 0.323 e. The second-order valence-electron chi connectivity index (χ2n) is 4.09. The maximum atomic E-state index is 10.8. The Hall–Kier alpha value is -0.650. The van der Waals surface area contributed by atoms with Gasteiger partial charge in [0.15, 0.2) is 0 Å². The molecule has 1 aliphatic rings. The van der Waals surface area contributed by atoms with Crippen LogP contribution in [0.15, 0.2) is 0 Å². The van der Waals surface area contributed by atoms with Crippen LogP contribution in [-0.2, 0) is 9.53 Å². The summed E-state index contributed by atoms with van der Waals surface area (Å²) < 4.78 is 4.81. The van der Waals surface area contributed by atoms with Gasteiger partial charge in [0.05, 0.1) is 12.7 Å². The van der Waals surface area contributed by atoms with Crippen LogP contribution in [0.3, 0.4) is 0 Å². The molecule has 0 spiro atoms. The van der Waals surface area contributed by atoms with Crippen molar-refractivity contribution >= 4 is 5.97 Å². The number of carboxylic acid groups (broad SMARTS) is 1. The molecule has 3 atom stereocenters. The van der Waals surface area contributed by atoms with Gasteiger partial charge in [-0.25, -0.2) is 0 Å². The topological polar surface area (TPSA) is 78.8 Å². The van der Waals surface area contributed by atoms with Crippen molar-refractivity contribution in [1.29, 1.82) is 0 Å². The molecule has 0 bridgehead atoms. The van der Waals surface area contributed by atoms with Gasteiger partial charge in [-0.2, -0.15) is 0 Å². The number of hydrogen-bond acceptors (Lipinski definition) is 4. The molecule has 1 fully saturated rings. The van der Waals surface area contributed by atoms with E-state index >= 15 is 0 Å². The minimum Gasteiger partial charge on any atom is -0.480 e. The number of aliphatic carboxylic acids is 1. The molecule has 0 amide bonds. The van der Waals surface area contributed by atoms with E-state index in [4.69, 9.17) is 9.84 Å². The Morgan fingerprint density at radius 1 is 1.60 bits per heavy atom. The van der Waals surface area contributed by atoms with Gasteiger partial charge in [-0.05, 0) is 31.7 Å². The number of nitrogens with one attached hydrogen (secondary N) is 1. The standard InChI is InChI=1S/C10H19NO4/c1-15-6-9(10(13)14)11-5-7-2-3-8(12)4-7/h7-9,11-12H,2-6H2,1H3,(H,13,14). The fourth-order valence-corrected chi connectivity index (χ4v) is 1.93. The van der Waals surface area contributed by atoms with Crippen LogP contribution < -0.4 is 5.32 Å². The molecule has 1 rings (SSSR count). The van der Waals surface area contributed by atoms with Gasteiger partial charge in [0.2, 0.25) is 0 Å². The van der Waals surface area contributed by atoms with E-state index in [1.165, 1.54) is 7.11 Å². The number of methoxy groups -OCH3 is 1. The monoisotopic (exact) mass is 217 g/mol. The summed E-state index contributed by atoms with van der Waals surface area (Å²) >= 11 is 0. The lowest BCUT2D eigenvalue weighted by atomic mass is 10.1. The number of carboxylic acids is 1. The highest BCUT2D eigenvalue weighted by Crippen LogP contribution is 2.24. The van der Waals surface area contributed by atoms with E-state index in [9.17, 15) is 9.90 Å². The molecule has 3 N–H and O–H groups in total. The second-order valence-corrected chi connectivity index (χ2v) is 4.09. The van der Waals surface area contributed by atoms with Gasteiger partial charge >= 0.3 is 5.97 Å². The highest BCUT2D eigenvalue weighted by atomic mass is 16.5. The van der Waals surface area contributed by atoms with Gasteiger partial charge < -0.3 is 20.3 Å². The van der Waals surface area contributed by atoms with Crippen molar-refractivity contribution < 1.29 is 19.7 Å². The van der Waals surface area contributed by atoms with E-state index in [0.717, 1.165) is 19.3 Å². The van der Waals surface area contributed by atoms with Crippen molar-refractivity contribution in [2.75, 3.05) is 20.3 Å². The van der Waals surface area contributed by atoms with E-state index in [-0.39, 0.29) is 12.7 Å². The van der Waals surface area contributed by atoms with E-state index in [2.05, 4.69) is 5.32 Å². The Morgan fingerprint density at radius 2 is 2.33 bits per heavy atom. The maximum Gasteiger partial charge on any atom is 0.323 e. The van der Waals surface area contributed by atoms with Gasteiger partial charge in [-0.15, -0.1) is 0 Å². The fourth-order valence-electron chi connectivity index (χ4n) is 1.93. The van der Waals surface area contributed by atoms with Gasteiger partial charge in [-0.3, -0.25) is 4.79 Å². The predicted octanol–water partition coefficient (Wildman–Crippen LogP) is -0.163. The zero-order valence-electron chi connectivity index (χ0n) is 8.98. The molecule has 0 aromatic rings. The zero-order chi connectivity index (χ0) is 11.3. The number of hydrogen-bond donors (Lipinski definition) is 3. The van der Waals surface area contributed by atoms with Crippen molar-refractivity contribution in [2.24, 2.45) is 5.92 Å². The Labute approximate surface area is 89.4 Å². The molecule has 0 heterocycles. The van der Waals surface area contributed by atoms with Crippen LogP contribution in [0, 0.1) is 5.92 Å². The first-order valence-electron chi connectivity index (χ1n) is 5.26. The van der Waals surface area contributed by atoms with Crippen molar-refractivity contribution in [2.45, 2.75) is 31.4 Å². The molecular formula is C10H19NO4. The summed E-state index contributed by atoms with van der Waals surface area (Å²) in [4.78, 5) is 10.8. The molecule has 0 aromatic heterocycles.